The third-order valence-corrected chi connectivity index (χ3v) is 3.83. The molecule has 138 valence electrons. The molecule has 0 fully saturated rings. The van der Waals surface area contributed by atoms with Crippen LogP contribution in [0.5, 0.6) is 11.5 Å². The Morgan fingerprint density at radius 1 is 1.00 bits per heavy atom. The number of nitrogens with one attached hydrogen (secondary N) is 2. The van der Waals surface area contributed by atoms with E-state index in [0.717, 1.165) is 17.0 Å². The number of rotatable bonds is 7. The molecule has 2 aromatic carbocycles. The molecule has 0 saturated carbocycles. The van der Waals surface area contributed by atoms with Gasteiger partial charge in [-0.2, -0.15) is 0 Å². The molecular weight excluding hydrogens is 344 g/mol. The number of benzene rings is 2. The summed E-state index contributed by atoms with van der Waals surface area (Å²) in [5.41, 5.74) is 2.02. The average Bonchev–Trinajstić information content (AvgIpc) is 2.72. The molecule has 27 heavy (non-hydrogen) atoms. The van der Waals surface area contributed by atoms with Crippen LogP contribution in [0.1, 0.15) is 16.1 Å². The van der Waals surface area contributed by atoms with Gasteiger partial charge in [0.05, 0.1) is 14.2 Å². The van der Waals surface area contributed by atoms with Crippen LogP contribution in [-0.2, 0) is 6.54 Å². The summed E-state index contributed by atoms with van der Waals surface area (Å²) in [5.74, 6) is 1.55. The van der Waals surface area contributed by atoms with Crippen LogP contribution in [0.4, 0.5) is 11.6 Å². The Hall–Kier alpha value is -3.61. The highest BCUT2D eigenvalue weighted by Crippen LogP contribution is 2.19. The number of amides is 1. The molecule has 0 aliphatic carbocycles. The van der Waals surface area contributed by atoms with Crippen molar-refractivity contribution in [3.63, 3.8) is 0 Å². The van der Waals surface area contributed by atoms with Crippen LogP contribution < -0.4 is 20.1 Å². The summed E-state index contributed by atoms with van der Waals surface area (Å²) in [7, 11) is 3.21. The lowest BCUT2D eigenvalue weighted by atomic mass is 10.2. The zero-order valence-corrected chi connectivity index (χ0v) is 15.1. The van der Waals surface area contributed by atoms with Gasteiger partial charge in [0.15, 0.2) is 0 Å². The van der Waals surface area contributed by atoms with Gasteiger partial charge >= 0.3 is 0 Å². The van der Waals surface area contributed by atoms with Gasteiger partial charge in [0.25, 0.3) is 5.91 Å². The van der Waals surface area contributed by atoms with Gasteiger partial charge in [-0.1, -0.05) is 18.2 Å². The normalized spacial score (nSPS) is 10.1. The SMILES string of the molecule is COc1ccc(CNC(=O)c2ccnc(Nc3cccc(OC)c3)n2)cc1. The summed E-state index contributed by atoms with van der Waals surface area (Å²) >= 11 is 0. The highest BCUT2D eigenvalue weighted by molar-refractivity contribution is 5.92. The van der Waals surface area contributed by atoms with Gasteiger partial charge in [0.1, 0.15) is 17.2 Å². The molecule has 1 aromatic heterocycles. The summed E-state index contributed by atoms with van der Waals surface area (Å²) < 4.78 is 10.3. The van der Waals surface area contributed by atoms with E-state index in [0.29, 0.717) is 18.2 Å². The van der Waals surface area contributed by atoms with Gasteiger partial charge in [-0.25, -0.2) is 9.97 Å². The molecule has 7 nitrogen and oxygen atoms in total. The maximum absolute atomic E-state index is 12.4. The molecule has 0 aliphatic rings. The van der Waals surface area contributed by atoms with Gasteiger partial charge in [-0.15, -0.1) is 0 Å². The highest BCUT2D eigenvalue weighted by atomic mass is 16.5. The van der Waals surface area contributed by atoms with Crippen LogP contribution in [0.2, 0.25) is 0 Å². The largest absolute Gasteiger partial charge is 0.497 e. The summed E-state index contributed by atoms with van der Waals surface area (Å²) in [5, 5.41) is 5.91. The van der Waals surface area contributed by atoms with Crippen LogP contribution in [0.15, 0.2) is 60.8 Å². The second-order valence-electron chi connectivity index (χ2n) is 5.65. The van der Waals surface area contributed by atoms with E-state index in [1.54, 1.807) is 20.3 Å². The number of hydrogen-bond donors (Lipinski definition) is 2. The molecule has 0 saturated heterocycles. The zero-order valence-electron chi connectivity index (χ0n) is 15.1. The minimum atomic E-state index is -0.276. The quantitative estimate of drug-likeness (QED) is 0.670. The molecule has 3 rings (SSSR count). The Bertz CT molecular complexity index is 913. The first-order chi connectivity index (χ1) is 13.2. The summed E-state index contributed by atoms with van der Waals surface area (Å²) in [6, 6.07) is 16.4. The summed E-state index contributed by atoms with van der Waals surface area (Å²) in [4.78, 5) is 20.8. The lowest BCUT2D eigenvalue weighted by Gasteiger charge is -2.09. The summed E-state index contributed by atoms with van der Waals surface area (Å²) in [6.45, 7) is 0.394. The van der Waals surface area contributed by atoms with Crippen molar-refractivity contribution in [1.29, 1.82) is 0 Å². The second-order valence-corrected chi connectivity index (χ2v) is 5.65. The Morgan fingerprint density at radius 2 is 1.78 bits per heavy atom. The molecule has 0 bridgehead atoms. The minimum absolute atomic E-state index is 0.276. The molecule has 1 amide bonds. The van der Waals surface area contributed by atoms with Crippen molar-refractivity contribution in [3.05, 3.63) is 72.1 Å². The third-order valence-electron chi connectivity index (χ3n) is 3.83. The highest BCUT2D eigenvalue weighted by Gasteiger charge is 2.09. The number of nitrogens with zero attached hydrogens (tertiary/aromatic N) is 2. The second kappa shape index (κ2) is 8.66. The first kappa shape index (κ1) is 18.2. The van der Waals surface area contributed by atoms with E-state index in [1.165, 1.54) is 6.20 Å². The standard InChI is InChI=1S/C20H20N4O3/c1-26-16-8-6-14(7-9-16)13-22-19(25)18-10-11-21-20(24-18)23-15-4-3-5-17(12-15)27-2/h3-12H,13H2,1-2H3,(H,22,25)(H,21,23,24). The summed E-state index contributed by atoms with van der Waals surface area (Å²) in [6.07, 6.45) is 1.54. The van der Waals surface area contributed by atoms with Crippen LogP contribution in [0.25, 0.3) is 0 Å². The first-order valence-electron chi connectivity index (χ1n) is 8.33. The number of aromatic nitrogens is 2. The van der Waals surface area contributed by atoms with Gasteiger partial charge in [-0.3, -0.25) is 4.79 Å². The average molecular weight is 364 g/mol. The molecule has 0 unspecified atom stereocenters. The van der Waals surface area contributed by atoms with Crippen molar-refractivity contribution in [2.75, 3.05) is 19.5 Å². The van der Waals surface area contributed by atoms with Crippen molar-refractivity contribution >= 4 is 17.5 Å². The maximum Gasteiger partial charge on any atom is 0.270 e. The molecule has 0 radical (unpaired) electrons. The lowest BCUT2D eigenvalue weighted by Crippen LogP contribution is -2.24. The van der Waals surface area contributed by atoms with Crippen LogP contribution in [0, 0.1) is 0 Å². The van der Waals surface area contributed by atoms with E-state index < -0.39 is 0 Å². The Morgan fingerprint density at radius 3 is 2.52 bits per heavy atom. The molecule has 1 heterocycles. The van der Waals surface area contributed by atoms with E-state index in [1.807, 2.05) is 48.5 Å². The smallest absolute Gasteiger partial charge is 0.270 e. The Labute approximate surface area is 157 Å². The van der Waals surface area contributed by atoms with Crippen molar-refractivity contribution in [3.8, 4) is 11.5 Å². The molecule has 0 atom stereocenters. The maximum atomic E-state index is 12.4. The van der Waals surface area contributed by atoms with E-state index in [2.05, 4.69) is 20.6 Å². The monoisotopic (exact) mass is 364 g/mol. The molecule has 2 N–H and O–H groups in total. The van der Waals surface area contributed by atoms with Crippen molar-refractivity contribution < 1.29 is 14.3 Å². The van der Waals surface area contributed by atoms with Crippen molar-refractivity contribution in [2.45, 2.75) is 6.54 Å². The minimum Gasteiger partial charge on any atom is -0.497 e. The Balaban J connectivity index is 1.64. The molecular formula is C20H20N4O3. The number of carbonyl (C=O) groups is 1. The Kier molecular flexibility index (Phi) is 5.84. The first-order valence-corrected chi connectivity index (χ1v) is 8.33. The van der Waals surface area contributed by atoms with Crippen molar-refractivity contribution in [1.82, 2.24) is 15.3 Å². The van der Waals surface area contributed by atoms with Gasteiger partial charge in [0.2, 0.25) is 5.95 Å². The number of hydrogen-bond acceptors (Lipinski definition) is 6. The van der Waals surface area contributed by atoms with Crippen LogP contribution in [-0.4, -0.2) is 30.1 Å². The van der Waals surface area contributed by atoms with E-state index in [-0.39, 0.29) is 11.6 Å². The van der Waals surface area contributed by atoms with Crippen LogP contribution >= 0.6 is 0 Å². The van der Waals surface area contributed by atoms with Gasteiger partial charge in [-0.05, 0) is 35.9 Å². The van der Waals surface area contributed by atoms with Gasteiger partial charge in [0, 0.05) is 24.5 Å². The molecule has 3 aromatic rings. The fourth-order valence-corrected chi connectivity index (χ4v) is 2.39. The van der Waals surface area contributed by atoms with E-state index in [9.17, 15) is 4.79 Å². The predicted octanol–water partition coefficient (Wildman–Crippen LogP) is 3.17. The fourth-order valence-electron chi connectivity index (χ4n) is 2.39. The van der Waals surface area contributed by atoms with Crippen LogP contribution in [0.3, 0.4) is 0 Å². The third kappa shape index (κ3) is 4.94. The van der Waals surface area contributed by atoms with E-state index in [4.69, 9.17) is 9.47 Å². The number of methoxy groups -OCH3 is 2. The fraction of sp³-hybridized carbons (Fsp3) is 0.150. The molecule has 0 aliphatic heterocycles. The zero-order chi connectivity index (χ0) is 19.1. The predicted molar refractivity (Wildman–Crippen MR) is 102 cm³/mol. The van der Waals surface area contributed by atoms with Gasteiger partial charge < -0.3 is 20.1 Å². The lowest BCUT2D eigenvalue weighted by molar-refractivity contribution is 0.0946. The molecule has 0 spiro atoms. The number of anilines is 2. The number of ether oxygens (including phenoxy) is 2. The van der Waals surface area contributed by atoms with E-state index >= 15 is 0 Å². The number of carbonyl (C=O) groups excluding carboxylic acids is 1. The topological polar surface area (TPSA) is 85.4 Å². The molecule has 7 heteroatoms. The van der Waals surface area contributed by atoms with Crippen molar-refractivity contribution in [2.24, 2.45) is 0 Å².